The molecule has 2 unspecified atom stereocenters. The number of guanidine groups is 1. The first-order valence-electron chi connectivity index (χ1n) is 10.6. The standard InChI is InChI=1S/C22H34N6O2.HI/c1-16-7-9-18(10-8-16)21-19(6-5-12-30-21)14-24-22(23-11-13-29-4)25-15-20-27-26-17(2)28(20)3;/h7-10,19,21H,5-6,11-15H2,1-4H3,(H2,23,24,25);1H. The van der Waals surface area contributed by atoms with E-state index in [1.54, 1.807) is 7.11 Å². The fourth-order valence-electron chi connectivity index (χ4n) is 3.59. The minimum atomic E-state index is 0. The van der Waals surface area contributed by atoms with Gasteiger partial charge >= 0.3 is 0 Å². The van der Waals surface area contributed by atoms with Crippen LogP contribution in [0.1, 0.15) is 41.7 Å². The molecule has 0 amide bonds. The van der Waals surface area contributed by atoms with E-state index in [-0.39, 0.29) is 30.1 Å². The summed E-state index contributed by atoms with van der Waals surface area (Å²) in [5, 5.41) is 15.1. The van der Waals surface area contributed by atoms with Crippen LogP contribution in [0.15, 0.2) is 29.3 Å². The van der Waals surface area contributed by atoms with Crippen LogP contribution in [0.25, 0.3) is 0 Å². The number of hydrogen-bond acceptors (Lipinski definition) is 5. The first-order chi connectivity index (χ1) is 14.6. The maximum Gasteiger partial charge on any atom is 0.191 e. The summed E-state index contributed by atoms with van der Waals surface area (Å²) in [5.41, 5.74) is 2.51. The van der Waals surface area contributed by atoms with E-state index < -0.39 is 0 Å². The van der Waals surface area contributed by atoms with E-state index in [1.807, 2.05) is 18.5 Å². The van der Waals surface area contributed by atoms with E-state index in [1.165, 1.54) is 11.1 Å². The van der Waals surface area contributed by atoms with Crippen molar-refractivity contribution in [1.82, 2.24) is 25.4 Å². The summed E-state index contributed by atoms with van der Waals surface area (Å²) in [6, 6.07) is 8.67. The van der Waals surface area contributed by atoms with Gasteiger partial charge in [0.05, 0.1) is 12.7 Å². The van der Waals surface area contributed by atoms with E-state index in [9.17, 15) is 0 Å². The smallest absolute Gasteiger partial charge is 0.191 e. The lowest BCUT2D eigenvalue weighted by molar-refractivity contribution is -0.0265. The Hall–Kier alpha value is -1.72. The van der Waals surface area contributed by atoms with Crippen LogP contribution in [0.2, 0.25) is 0 Å². The van der Waals surface area contributed by atoms with Gasteiger partial charge in [0.25, 0.3) is 0 Å². The normalized spacial score (nSPS) is 19.0. The molecular weight excluding hydrogens is 507 g/mol. The van der Waals surface area contributed by atoms with Gasteiger partial charge < -0.3 is 24.7 Å². The molecule has 8 nitrogen and oxygen atoms in total. The van der Waals surface area contributed by atoms with Crippen molar-refractivity contribution in [2.45, 2.75) is 39.3 Å². The number of rotatable bonds is 8. The molecule has 0 spiro atoms. The van der Waals surface area contributed by atoms with Crippen LogP contribution in [-0.2, 0) is 23.1 Å². The van der Waals surface area contributed by atoms with Gasteiger partial charge in [0.1, 0.15) is 12.4 Å². The van der Waals surface area contributed by atoms with E-state index in [2.05, 4.69) is 52.0 Å². The van der Waals surface area contributed by atoms with Crippen LogP contribution in [0, 0.1) is 19.8 Å². The lowest BCUT2D eigenvalue weighted by Gasteiger charge is -2.32. The summed E-state index contributed by atoms with van der Waals surface area (Å²) in [6.07, 6.45) is 2.31. The zero-order chi connectivity index (χ0) is 21.3. The Balaban J connectivity index is 0.00000341. The minimum absolute atomic E-state index is 0. The number of nitrogens with one attached hydrogen (secondary N) is 2. The Bertz CT molecular complexity index is 824. The molecule has 0 radical (unpaired) electrons. The fourth-order valence-corrected chi connectivity index (χ4v) is 3.59. The minimum Gasteiger partial charge on any atom is -0.383 e. The number of aryl methyl sites for hydroxylation is 2. The number of benzene rings is 1. The molecule has 1 aromatic carbocycles. The number of methoxy groups -OCH3 is 1. The molecular formula is C22H35IN6O2. The Morgan fingerprint density at radius 2 is 2.00 bits per heavy atom. The lowest BCUT2D eigenvalue weighted by atomic mass is 9.89. The molecule has 3 rings (SSSR count). The zero-order valence-electron chi connectivity index (χ0n) is 18.9. The highest BCUT2D eigenvalue weighted by molar-refractivity contribution is 14.0. The van der Waals surface area contributed by atoms with Crippen LogP contribution in [0.5, 0.6) is 0 Å². The SMILES string of the molecule is COCCNC(=NCc1nnc(C)n1C)NCC1CCCOC1c1ccc(C)cc1.I. The van der Waals surface area contributed by atoms with Crippen molar-refractivity contribution in [3.63, 3.8) is 0 Å². The monoisotopic (exact) mass is 542 g/mol. The van der Waals surface area contributed by atoms with Gasteiger partial charge in [0.2, 0.25) is 0 Å². The molecule has 2 aromatic rings. The van der Waals surface area contributed by atoms with Gasteiger partial charge in [0.15, 0.2) is 11.8 Å². The third-order valence-corrected chi connectivity index (χ3v) is 5.54. The van der Waals surface area contributed by atoms with Crippen molar-refractivity contribution in [3.05, 3.63) is 47.0 Å². The van der Waals surface area contributed by atoms with Crippen molar-refractivity contribution in [2.75, 3.05) is 33.4 Å². The first-order valence-corrected chi connectivity index (χ1v) is 10.6. The predicted molar refractivity (Wildman–Crippen MR) is 133 cm³/mol. The summed E-state index contributed by atoms with van der Waals surface area (Å²) in [7, 11) is 3.65. The average molecular weight is 542 g/mol. The van der Waals surface area contributed by atoms with Gasteiger partial charge in [-0.05, 0) is 32.3 Å². The van der Waals surface area contributed by atoms with Crippen LogP contribution in [-0.4, -0.2) is 54.1 Å². The van der Waals surface area contributed by atoms with Gasteiger partial charge in [-0.3, -0.25) is 0 Å². The second-order valence-electron chi connectivity index (χ2n) is 7.79. The second kappa shape index (κ2) is 13.0. The Kier molecular flexibility index (Phi) is 10.7. The molecule has 0 aliphatic carbocycles. The largest absolute Gasteiger partial charge is 0.383 e. The van der Waals surface area contributed by atoms with Crippen molar-refractivity contribution in [3.8, 4) is 0 Å². The van der Waals surface area contributed by atoms with Gasteiger partial charge in [-0.1, -0.05) is 29.8 Å². The van der Waals surface area contributed by atoms with Crippen molar-refractivity contribution < 1.29 is 9.47 Å². The highest BCUT2D eigenvalue weighted by Crippen LogP contribution is 2.33. The van der Waals surface area contributed by atoms with Crippen molar-refractivity contribution >= 4 is 29.9 Å². The van der Waals surface area contributed by atoms with Crippen molar-refractivity contribution in [2.24, 2.45) is 18.0 Å². The summed E-state index contributed by atoms with van der Waals surface area (Å²) in [5.74, 6) is 2.84. The zero-order valence-corrected chi connectivity index (χ0v) is 21.3. The number of aromatic nitrogens is 3. The van der Waals surface area contributed by atoms with Crippen LogP contribution in [0.3, 0.4) is 0 Å². The molecule has 0 bridgehead atoms. The highest BCUT2D eigenvalue weighted by Gasteiger charge is 2.27. The summed E-state index contributed by atoms with van der Waals surface area (Å²) in [6.45, 7) is 7.40. The number of halogens is 1. The number of aliphatic imine (C=N–C) groups is 1. The molecule has 172 valence electrons. The third kappa shape index (κ3) is 7.43. The molecule has 31 heavy (non-hydrogen) atoms. The van der Waals surface area contributed by atoms with Gasteiger partial charge in [-0.2, -0.15) is 0 Å². The maximum absolute atomic E-state index is 6.15. The number of nitrogens with zero attached hydrogens (tertiary/aromatic N) is 4. The molecule has 9 heteroatoms. The maximum atomic E-state index is 6.15. The molecule has 2 N–H and O–H groups in total. The van der Waals surface area contributed by atoms with Crippen LogP contribution in [0.4, 0.5) is 0 Å². The van der Waals surface area contributed by atoms with E-state index in [0.29, 0.717) is 25.6 Å². The Morgan fingerprint density at radius 3 is 2.68 bits per heavy atom. The number of ether oxygens (including phenoxy) is 2. The molecule has 0 saturated carbocycles. The summed E-state index contributed by atoms with van der Waals surface area (Å²) in [4.78, 5) is 4.71. The van der Waals surface area contributed by atoms with E-state index >= 15 is 0 Å². The molecule has 2 heterocycles. The topological polar surface area (TPSA) is 85.6 Å². The third-order valence-electron chi connectivity index (χ3n) is 5.54. The molecule has 1 aliphatic heterocycles. The number of hydrogen-bond donors (Lipinski definition) is 2. The molecule has 2 atom stereocenters. The average Bonchev–Trinajstić information content (AvgIpc) is 3.08. The lowest BCUT2D eigenvalue weighted by Crippen LogP contribution is -2.43. The predicted octanol–water partition coefficient (Wildman–Crippen LogP) is 2.90. The first kappa shape index (κ1) is 25.5. The molecule has 1 fully saturated rings. The molecule has 1 aliphatic rings. The van der Waals surface area contributed by atoms with Crippen LogP contribution < -0.4 is 10.6 Å². The van der Waals surface area contributed by atoms with Crippen molar-refractivity contribution in [1.29, 1.82) is 0 Å². The van der Waals surface area contributed by atoms with Crippen LogP contribution >= 0.6 is 24.0 Å². The van der Waals surface area contributed by atoms with Gasteiger partial charge in [-0.15, -0.1) is 34.2 Å². The van der Waals surface area contributed by atoms with E-state index in [4.69, 9.17) is 14.5 Å². The molecule has 1 saturated heterocycles. The summed E-state index contributed by atoms with van der Waals surface area (Å²) < 4.78 is 13.3. The molecule has 1 aromatic heterocycles. The highest BCUT2D eigenvalue weighted by atomic mass is 127. The van der Waals surface area contributed by atoms with E-state index in [0.717, 1.165) is 43.6 Å². The summed E-state index contributed by atoms with van der Waals surface area (Å²) >= 11 is 0. The Morgan fingerprint density at radius 1 is 1.23 bits per heavy atom. The quantitative estimate of drug-likeness (QED) is 0.231. The Labute approximate surface area is 202 Å². The van der Waals surface area contributed by atoms with Gasteiger partial charge in [0, 0.05) is 39.8 Å². The fraction of sp³-hybridized carbons (Fsp3) is 0.591. The van der Waals surface area contributed by atoms with Gasteiger partial charge in [-0.25, -0.2) is 4.99 Å². The second-order valence-corrected chi connectivity index (χ2v) is 7.79.